The second-order valence-electron chi connectivity index (χ2n) is 12.9. The summed E-state index contributed by atoms with van der Waals surface area (Å²) in [5, 5.41) is 5.18. The summed E-state index contributed by atoms with van der Waals surface area (Å²) in [6.07, 6.45) is 0. The molecule has 0 unspecified atom stereocenters. The molecule has 2 heteroatoms. The fraction of sp³-hybridized carbons (Fsp3) is 0. The number of benzene rings is 8. The van der Waals surface area contributed by atoms with Crippen LogP contribution in [0, 0.1) is 0 Å². The Hall–Kier alpha value is -6.22. The third-order valence-electron chi connectivity index (χ3n) is 10.0. The number of hydrogen-bond acceptors (Lipinski definition) is 1. The van der Waals surface area contributed by atoms with Crippen LogP contribution in [0.15, 0.2) is 188 Å². The lowest BCUT2D eigenvalue weighted by Crippen LogP contribution is -1.95. The Kier molecular flexibility index (Phi) is 6.75. The van der Waals surface area contributed by atoms with Crippen LogP contribution >= 0.6 is 11.3 Å². The van der Waals surface area contributed by atoms with Gasteiger partial charge in [-0.15, -0.1) is 11.3 Å². The molecule has 2 heterocycles. The third-order valence-corrected chi connectivity index (χ3v) is 11.2. The summed E-state index contributed by atoms with van der Waals surface area (Å²) in [6, 6.07) is 68.7. The van der Waals surface area contributed by atoms with Crippen LogP contribution in [0.2, 0.25) is 0 Å². The van der Waals surface area contributed by atoms with Crippen LogP contribution in [0.5, 0.6) is 0 Å². The van der Waals surface area contributed by atoms with Gasteiger partial charge in [0, 0.05) is 36.6 Å². The highest BCUT2D eigenvalue weighted by Gasteiger charge is 2.16. The zero-order valence-corrected chi connectivity index (χ0v) is 28.1. The first-order valence-corrected chi connectivity index (χ1v) is 17.9. The van der Waals surface area contributed by atoms with Crippen molar-refractivity contribution in [1.29, 1.82) is 0 Å². The summed E-state index contributed by atoms with van der Waals surface area (Å²) < 4.78 is 5.11. The molecule has 0 atom stereocenters. The highest BCUT2D eigenvalue weighted by Crippen LogP contribution is 2.41. The van der Waals surface area contributed by atoms with Gasteiger partial charge in [0.1, 0.15) is 0 Å². The molecule has 10 rings (SSSR count). The number of fused-ring (bicyclic) bond motifs is 6. The van der Waals surface area contributed by atoms with Crippen molar-refractivity contribution in [3.8, 4) is 50.2 Å². The van der Waals surface area contributed by atoms with Crippen molar-refractivity contribution < 1.29 is 0 Å². The van der Waals surface area contributed by atoms with Gasteiger partial charge in [0.15, 0.2) is 0 Å². The summed E-state index contributed by atoms with van der Waals surface area (Å²) in [6.45, 7) is 0. The zero-order valence-electron chi connectivity index (χ0n) is 27.3. The second kappa shape index (κ2) is 11.7. The van der Waals surface area contributed by atoms with Gasteiger partial charge in [-0.3, -0.25) is 0 Å². The van der Waals surface area contributed by atoms with Crippen LogP contribution in [-0.4, -0.2) is 4.57 Å². The first-order chi connectivity index (χ1) is 24.8. The number of nitrogens with zero attached hydrogens (tertiary/aromatic N) is 1. The Morgan fingerprint density at radius 1 is 0.320 bits per heavy atom. The molecular formula is C48H31NS. The molecule has 8 aromatic carbocycles. The second-order valence-corrected chi connectivity index (χ2v) is 14.0. The molecule has 1 nitrogen and oxygen atoms in total. The van der Waals surface area contributed by atoms with Crippen molar-refractivity contribution in [2.45, 2.75) is 0 Å². The number of thiophene rings is 1. The van der Waals surface area contributed by atoms with E-state index in [2.05, 4.69) is 193 Å². The minimum absolute atomic E-state index is 1.15. The van der Waals surface area contributed by atoms with E-state index in [1.165, 1.54) is 86.5 Å². The molecule has 0 spiro atoms. The summed E-state index contributed by atoms with van der Waals surface area (Å²) in [5.41, 5.74) is 13.3. The molecule has 0 aliphatic carbocycles. The van der Waals surface area contributed by atoms with E-state index in [1.54, 1.807) is 0 Å². The normalized spacial score (nSPS) is 11.6. The van der Waals surface area contributed by atoms with Crippen LogP contribution in [0.3, 0.4) is 0 Å². The third kappa shape index (κ3) is 4.76. The molecule has 0 radical (unpaired) electrons. The Bertz CT molecular complexity index is 2740. The minimum atomic E-state index is 1.15. The maximum absolute atomic E-state index is 2.45. The van der Waals surface area contributed by atoms with E-state index in [0.29, 0.717) is 0 Å². The zero-order chi connectivity index (χ0) is 33.0. The van der Waals surface area contributed by atoms with E-state index in [0.717, 1.165) is 5.69 Å². The fourth-order valence-corrected chi connectivity index (χ4v) is 8.73. The quantitative estimate of drug-likeness (QED) is 0.174. The van der Waals surface area contributed by atoms with Crippen molar-refractivity contribution in [1.82, 2.24) is 4.57 Å². The molecule has 0 N–H and O–H groups in total. The maximum atomic E-state index is 2.45. The van der Waals surface area contributed by atoms with Crippen LogP contribution in [0.1, 0.15) is 0 Å². The van der Waals surface area contributed by atoms with E-state index in [9.17, 15) is 0 Å². The van der Waals surface area contributed by atoms with E-state index in [-0.39, 0.29) is 0 Å². The fourth-order valence-electron chi connectivity index (χ4n) is 7.60. The Morgan fingerprint density at radius 2 is 0.820 bits per heavy atom. The van der Waals surface area contributed by atoms with Crippen molar-refractivity contribution in [3.05, 3.63) is 188 Å². The molecule has 0 saturated carbocycles. The predicted molar refractivity (Wildman–Crippen MR) is 215 cm³/mol. The first kappa shape index (κ1) is 28.8. The van der Waals surface area contributed by atoms with Crippen molar-refractivity contribution in [2.75, 3.05) is 0 Å². The van der Waals surface area contributed by atoms with Gasteiger partial charge in [-0.05, 0) is 80.9 Å². The van der Waals surface area contributed by atoms with Crippen LogP contribution in [0.4, 0.5) is 0 Å². The molecule has 2 aromatic heterocycles. The van der Waals surface area contributed by atoms with E-state index in [4.69, 9.17) is 0 Å². The number of rotatable bonds is 5. The molecular weight excluding hydrogens is 623 g/mol. The Labute approximate surface area is 295 Å². The summed E-state index contributed by atoms with van der Waals surface area (Å²) in [7, 11) is 0. The molecule has 0 fully saturated rings. The van der Waals surface area contributed by atoms with Crippen molar-refractivity contribution in [2.24, 2.45) is 0 Å². The molecule has 10 aromatic rings. The number of aromatic nitrogens is 1. The molecule has 234 valence electrons. The lowest BCUT2D eigenvalue weighted by Gasteiger charge is -2.12. The summed E-state index contributed by atoms with van der Waals surface area (Å²) in [4.78, 5) is 0. The van der Waals surface area contributed by atoms with Gasteiger partial charge in [-0.25, -0.2) is 0 Å². The minimum Gasteiger partial charge on any atom is -0.309 e. The topological polar surface area (TPSA) is 4.93 Å². The lowest BCUT2D eigenvalue weighted by atomic mass is 9.97. The Morgan fingerprint density at radius 3 is 1.50 bits per heavy atom. The molecule has 0 amide bonds. The standard InChI is InChI=1S/C48H31NS/c1-3-11-32(12-4-1)37-25-27-41-42-28-26-38(33-13-5-2-6-14-33)31-45(42)49(44(41)30-37)39-16-9-15-36(29-39)34-21-23-35(24-22-34)40-18-10-20-47-48(40)43-17-7-8-19-46(43)50-47/h1-31H. The summed E-state index contributed by atoms with van der Waals surface area (Å²) >= 11 is 1.87. The molecule has 0 saturated heterocycles. The van der Waals surface area contributed by atoms with Gasteiger partial charge >= 0.3 is 0 Å². The van der Waals surface area contributed by atoms with E-state index >= 15 is 0 Å². The Balaban J connectivity index is 1.12. The number of hydrogen-bond donors (Lipinski definition) is 0. The van der Waals surface area contributed by atoms with Gasteiger partial charge in [0.2, 0.25) is 0 Å². The van der Waals surface area contributed by atoms with Crippen molar-refractivity contribution >= 4 is 53.3 Å². The van der Waals surface area contributed by atoms with Crippen molar-refractivity contribution in [3.63, 3.8) is 0 Å². The van der Waals surface area contributed by atoms with Crippen LogP contribution in [0.25, 0.3) is 92.2 Å². The first-order valence-electron chi connectivity index (χ1n) is 17.1. The predicted octanol–water partition coefficient (Wildman–Crippen LogP) is 13.8. The lowest BCUT2D eigenvalue weighted by molar-refractivity contribution is 1.18. The highest BCUT2D eigenvalue weighted by molar-refractivity contribution is 7.25. The molecule has 50 heavy (non-hydrogen) atoms. The van der Waals surface area contributed by atoms with Gasteiger partial charge in [-0.2, -0.15) is 0 Å². The largest absolute Gasteiger partial charge is 0.309 e. The average molecular weight is 654 g/mol. The van der Waals surface area contributed by atoms with E-state index < -0.39 is 0 Å². The smallest absolute Gasteiger partial charge is 0.0547 e. The molecule has 0 bridgehead atoms. The van der Waals surface area contributed by atoms with Crippen LogP contribution in [-0.2, 0) is 0 Å². The highest BCUT2D eigenvalue weighted by atomic mass is 32.1. The maximum Gasteiger partial charge on any atom is 0.0547 e. The van der Waals surface area contributed by atoms with Gasteiger partial charge in [0.25, 0.3) is 0 Å². The SMILES string of the molecule is c1ccc(-c2ccc3c4ccc(-c5ccccc5)cc4n(-c4cccc(-c5ccc(-c6cccc7sc8ccccc8c67)cc5)c4)c3c2)cc1. The average Bonchev–Trinajstić information content (AvgIpc) is 3.74. The van der Waals surface area contributed by atoms with E-state index in [1.807, 2.05) is 11.3 Å². The monoisotopic (exact) mass is 653 g/mol. The molecule has 0 aliphatic rings. The van der Waals surface area contributed by atoms with Gasteiger partial charge in [0.05, 0.1) is 11.0 Å². The molecule has 0 aliphatic heterocycles. The van der Waals surface area contributed by atoms with Gasteiger partial charge < -0.3 is 4.57 Å². The summed E-state index contributed by atoms with van der Waals surface area (Å²) in [5.74, 6) is 0. The van der Waals surface area contributed by atoms with Crippen LogP contribution < -0.4 is 0 Å². The van der Waals surface area contributed by atoms with Gasteiger partial charge in [-0.1, -0.05) is 152 Å².